The number of nitrogens with one attached hydrogen (secondary N) is 4. The van der Waals surface area contributed by atoms with Crippen LogP contribution in [0.3, 0.4) is 0 Å². The third-order valence-corrected chi connectivity index (χ3v) is 19.5. The standard InChI is InChI=1S/C67H82FN11O8/c1-9-77(39(4)5)58-41(7)30-53(72-59(58)73-54-36-49(40(6)29-51(54)68)60(81)70-38(2)3)42-18-19-50-56(33-42)78(47-34-46(35-47)74-23-11-10-12-24-74)66(87)67(50)21-26-75(27-22-67)62(83)43-20-25-76(37-43)63(84)44-31-45(32-44)71-52-16-13-15-48-57(52)65(86)79(64(48)85)55(17-14-28-80)61(82)69-8/h9,13,15-16,18-19,28-30,33,36,38-39,43-47,55,71H,1,10-12,14,17,20-27,31-32,34-35,37H2,2-8H3,(H,69,82)(H,70,81)(H,72,73). The van der Waals surface area contributed by atoms with Gasteiger partial charge >= 0.3 is 0 Å². The van der Waals surface area contributed by atoms with E-state index in [0.717, 1.165) is 53.2 Å². The van der Waals surface area contributed by atoms with Gasteiger partial charge in [-0.25, -0.2) is 9.37 Å². The second-order valence-corrected chi connectivity index (χ2v) is 25.7. The van der Waals surface area contributed by atoms with Gasteiger partial charge in [0.1, 0.15) is 18.1 Å². The third kappa shape index (κ3) is 11.3. The Morgan fingerprint density at radius 2 is 1.55 bits per heavy atom. The van der Waals surface area contributed by atoms with E-state index in [2.05, 4.69) is 49.8 Å². The smallest absolute Gasteiger partial charge is 0.264 e. The molecule has 4 aromatic rings. The number of hydrogen-bond acceptors (Lipinski definition) is 13. The first kappa shape index (κ1) is 60.7. The molecule has 1 spiro atoms. The zero-order valence-electron chi connectivity index (χ0n) is 51.2. The summed E-state index contributed by atoms with van der Waals surface area (Å²) in [6.45, 7) is 19.3. The minimum atomic E-state index is -1.14. The van der Waals surface area contributed by atoms with E-state index in [4.69, 9.17) is 4.98 Å². The Labute approximate surface area is 508 Å². The quantitative estimate of drug-likeness (QED) is 0.0513. The molecule has 2 aliphatic carbocycles. The molecule has 5 fully saturated rings. The van der Waals surface area contributed by atoms with E-state index in [1.165, 1.54) is 38.4 Å². The number of imide groups is 1. The van der Waals surface area contributed by atoms with Crippen LogP contribution in [0.2, 0.25) is 0 Å². The van der Waals surface area contributed by atoms with Crippen LogP contribution in [0.4, 0.5) is 33.0 Å². The van der Waals surface area contributed by atoms with Gasteiger partial charge < -0.3 is 50.6 Å². The first-order valence-corrected chi connectivity index (χ1v) is 31.3. The minimum absolute atomic E-state index is 0.00149. The molecule has 4 N–H and O–H groups in total. The lowest BCUT2D eigenvalue weighted by molar-refractivity contribution is -0.140. The fraction of sp³-hybridized carbons (Fsp3) is 0.507. The average Bonchev–Trinajstić information content (AvgIpc) is 1.61. The molecule has 5 aliphatic heterocycles. The SMILES string of the molecule is C=CN(c1c(C)cc(-c2ccc3c(c2)N(C2CC(N4CCCCC4)C2)C(=O)C32CCN(C(=O)C3CCN(C(=O)C4CC(Nc5cccc6c5C(=O)N(C(CCC=O)C(=O)NC)C6=O)C4)C3)CC2)nc1Nc1cc(C(=O)NC(C)C)c(C)cc1F)C(C)C. The molecule has 3 aromatic carbocycles. The van der Waals surface area contributed by atoms with Crippen molar-refractivity contribution in [2.24, 2.45) is 11.8 Å². The summed E-state index contributed by atoms with van der Waals surface area (Å²) in [4.78, 5) is 125. The summed E-state index contributed by atoms with van der Waals surface area (Å²) in [5.41, 5.74) is 5.66. The van der Waals surface area contributed by atoms with Crippen molar-refractivity contribution in [3.05, 3.63) is 107 Å². The van der Waals surface area contributed by atoms with Crippen molar-refractivity contribution in [3.63, 3.8) is 0 Å². The maximum absolute atomic E-state index is 16.0. The van der Waals surface area contributed by atoms with Crippen molar-refractivity contribution in [1.29, 1.82) is 0 Å². The summed E-state index contributed by atoms with van der Waals surface area (Å²) in [5.74, 6) is -2.83. The predicted molar refractivity (Wildman–Crippen MR) is 331 cm³/mol. The molecular weight excluding hydrogens is 1110 g/mol. The molecule has 7 aliphatic rings. The molecule has 0 bridgehead atoms. The second kappa shape index (κ2) is 24.6. The number of nitrogens with zero attached hydrogens (tertiary/aromatic N) is 7. The number of likely N-dealkylation sites (N-methyl/N-ethyl adjacent to an activating group) is 1. The molecular formula is C67H82FN11O8. The number of benzene rings is 3. The van der Waals surface area contributed by atoms with Crippen LogP contribution in [0.25, 0.3) is 11.3 Å². The minimum Gasteiger partial charge on any atom is -0.382 e. The summed E-state index contributed by atoms with van der Waals surface area (Å²) < 4.78 is 16.0. The van der Waals surface area contributed by atoms with Gasteiger partial charge in [0.15, 0.2) is 5.82 Å². The Morgan fingerprint density at radius 1 is 0.828 bits per heavy atom. The van der Waals surface area contributed by atoms with Gasteiger partial charge in [0.2, 0.25) is 23.6 Å². The van der Waals surface area contributed by atoms with Crippen molar-refractivity contribution in [1.82, 2.24) is 35.2 Å². The number of carbonyl (C=O) groups excluding carboxylic acids is 8. The van der Waals surface area contributed by atoms with Crippen LogP contribution in [0.1, 0.15) is 153 Å². The highest BCUT2D eigenvalue weighted by Crippen LogP contribution is 2.53. The largest absolute Gasteiger partial charge is 0.382 e. The normalized spacial score (nSPS) is 22.6. The Kier molecular flexibility index (Phi) is 17.2. The Hall–Kier alpha value is -8.00. The van der Waals surface area contributed by atoms with E-state index < -0.39 is 35.0 Å². The lowest BCUT2D eigenvalue weighted by Gasteiger charge is -2.48. The van der Waals surface area contributed by atoms with Crippen LogP contribution in [0, 0.1) is 31.5 Å². The number of amides is 7. The van der Waals surface area contributed by atoms with Crippen LogP contribution in [0.15, 0.2) is 67.4 Å². The molecule has 2 saturated carbocycles. The Bertz CT molecular complexity index is 3430. The van der Waals surface area contributed by atoms with Crippen LogP contribution in [0.5, 0.6) is 0 Å². The Balaban J connectivity index is 0.786. The number of piperidine rings is 2. The molecule has 1 aromatic heterocycles. The number of halogens is 1. The lowest BCUT2D eigenvalue weighted by Crippen LogP contribution is -2.58. The highest BCUT2D eigenvalue weighted by atomic mass is 19.1. The topological polar surface area (TPSA) is 217 Å². The number of aldehydes is 1. The molecule has 460 valence electrons. The van der Waals surface area contributed by atoms with Gasteiger partial charge in [-0.15, -0.1) is 0 Å². The number of aryl methyl sites for hydroxylation is 2. The zero-order chi connectivity index (χ0) is 61.7. The molecule has 20 heteroatoms. The summed E-state index contributed by atoms with van der Waals surface area (Å²) in [6.07, 6.45) is 10.2. The number of anilines is 5. The molecule has 11 rings (SSSR count). The number of pyridine rings is 1. The van der Waals surface area contributed by atoms with E-state index in [-0.39, 0.29) is 89.3 Å². The Morgan fingerprint density at radius 3 is 2.23 bits per heavy atom. The monoisotopic (exact) mass is 1190 g/mol. The molecule has 0 radical (unpaired) electrons. The number of aromatic nitrogens is 1. The number of rotatable bonds is 19. The van der Waals surface area contributed by atoms with E-state index in [9.17, 15) is 33.6 Å². The average molecular weight is 1190 g/mol. The van der Waals surface area contributed by atoms with Gasteiger partial charge in [-0.05, 0) is 178 Å². The maximum Gasteiger partial charge on any atom is 0.264 e. The number of carbonyl (C=O) groups is 8. The molecule has 7 amide bonds. The van der Waals surface area contributed by atoms with Gasteiger partial charge in [-0.3, -0.25) is 38.5 Å². The van der Waals surface area contributed by atoms with Crippen LogP contribution < -0.4 is 31.1 Å². The predicted octanol–water partition coefficient (Wildman–Crippen LogP) is 8.40. The van der Waals surface area contributed by atoms with Crippen LogP contribution >= 0.6 is 0 Å². The van der Waals surface area contributed by atoms with Crippen LogP contribution in [-0.2, 0) is 29.4 Å². The molecule has 87 heavy (non-hydrogen) atoms. The highest BCUT2D eigenvalue weighted by molar-refractivity contribution is 6.25. The van der Waals surface area contributed by atoms with Gasteiger partial charge in [-0.2, -0.15) is 0 Å². The third-order valence-electron chi connectivity index (χ3n) is 19.5. The van der Waals surface area contributed by atoms with E-state index in [1.54, 1.807) is 36.2 Å². The first-order chi connectivity index (χ1) is 41.7. The van der Waals surface area contributed by atoms with Gasteiger partial charge in [0.25, 0.3) is 17.7 Å². The second-order valence-electron chi connectivity index (χ2n) is 25.7. The molecule has 2 unspecified atom stereocenters. The highest BCUT2D eigenvalue weighted by Gasteiger charge is 2.56. The molecule has 6 heterocycles. The zero-order valence-corrected chi connectivity index (χ0v) is 51.2. The van der Waals surface area contributed by atoms with Crippen molar-refractivity contribution in [2.75, 3.05) is 66.7 Å². The van der Waals surface area contributed by atoms with E-state index >= 15 is 9.18 Å². The van der Waals surface area contributed by atoms with E-state index in [1.807, 2.05) is 56.6 Å². The molecule has 2 atom stereocenters. The fourth-order valence-electron chi connectivity index (χ4n) is 14.6. The first-order valence-electron chi connectivity index (χ1n) is 31.3. The molecule has 3 saturated heterocycles. The van der Waals surface area contributed by atoms with Crippen LogP contribution in [-0.4, -0.2) is 155 Å². The van der Waals surface area contributed by atoms with Crippen molar-refractivity contribution in [3.8, 4) is 11.3 Å². The number of likely N-dealkylation sites (tertiary alicyclic amines) is 3. The van der Waals surface area contributed by atoms with E-state index in [0.29, 0.717) is 105 Å². The van der Waals surface area contributed by atoms with Crippen molar-refractivity contribution >= 4 is 76.2 Å². The summed E-state index contributed by atoms with van der Waals surface area (Å²) >= 11 is 0. The summed E-state index contributed by atoms with van der Waals surface area (Å²) in [7, 11) is 1.41. The number of hydrogen-bond donors (Lipinski definition) is 4. The lowest BCUT2D eigenvalue weighted by atomic mass is 9.73. The van der Waals surface area contributed by atoms with Gasteiger partial charge in [-0.1, -0.05) is 31.2 Å². The summed E-state index contributed by atoms with van der Waals surface area (Å²) in [5, 5.41) is 12.1. The summed E-state index contributed by atoms with van der Waals surface area (Å²) in [6, 6.07) is 15.0. The number of fused-ring (bicyclic) bond motifs is 3. The molecule has 19 nitrogen and oxygen atoms in total. The maximum atomic E-state index is 16.0. The van der Waals surface area contributed by atoms with Gasteiger partial charge in [0, 0.05) is 98.3 Å². The fourth-order valence-corrected chi connectivity index (χ4v) is 14.6. The van der Waals surface area contributed by atoms with Crippen molar-refractivity contribution < 1.29 is 42.7 Å². The van der Waals surface area contributed by atoms with Gasteiger partial charge in [0.05, 0.1) is 39.5 Å². The van der Waals surface area contributed by atoms with Crippen molar-refractivity contribution in [2.45, 2.75) is 160 Å².